The second kappa shape index (κ2) is 4.97. The van der Waals surface area contributed by atoms with Crippen LogP contribution in [0.15, 0.2) is 0 Å². The Hall–Kier alpha value is -0.570. The number of carbonyl (C=O) groups excluding carboxylic acids is 1. The first-order valence-corrected chi connectivity index (χ1v) is 5.88. The molecule has 1 fully saturated rings. The number of hydrogen-bond acceptors (Lipinski definition) is 2. The second-order valence-electron chi connectivity index (χ2n) is 5.52. The molecule has 1 rings (SSSR count). The Bertz CT molecular complexity index is 220. The molecular formula is C12H23NO2. The zero-order chi connectivity index (χ0) is 11.5. The van der Waals surface area contributed by atoms with Gasteiger partial charge in [0.1, 0.15) is 0 Å². The highest BCUT2D eigenvalue weighted by atomic mass is 16.3. The van der Waals surface area contributed by atoms with Gasteiger partial charge in [0, 0.05) is 13.0 Å². The Kier molecular flexibility index (Phi) is 4.14. The van der Waals surface area contributed by atoms with Gasteiger partial charge in [-0.1, -0.05) is 13.8 Å². The van der Waals surface area contributed by atoms with Crippen LogP contribution in [-0.4, -0.2) is 23.2 Å². The maximum Gasteiger partial charge on any atom is 0.220 e. The zero-order valence-electron chi connectivity index (χ0n) is 10.0. The minimum absolute atomic E-state index is 0.0848. The molecule has 0 spiro atoms. The summed E-state index contributed by atoms with van der Waals surface area (Å²) in [5, 5.41) is 12.8. The standard InChI is InChI=1S/C12H23NO2/c1-9(2)7-12(3,15)8-13-11(14)6-10-4-5-10/h9-10,15H,4-8H2,1-3H3,(H,13,14). The molecule has 0 heterocycles. The SMILES string of the molecule is CC(C)CC(C)(O)CNC(=O)CC1CC1. The molecule has 1 aliphatic rings. The molecule has 0 aromatic carbocycles. The summed E-state index contributed by atoms with van der Waals surface area (Å²) in [6.45, 7) is 6.29. The van der Waals surface area contributed by atoms with Gasteiger partial charge in [0.2, 0.25) is 5.91 Å². The Morgan fingerprint density at radius 1 is 1.53 bits per heavy atom. The largest absolute Gasteiger partial charge is 0.388 e. The summed E-state index contributed by atoms with van der Waals surface area (Å²) in [5.41, 5.74) is -0.770. The van der Waals surface area contributed by atoms with Crippen molar-refractivity contribution in [2.45, 2.75) is 52.1 Å². The summed E-state index contributed by atoms with van der Waals surface area (Å²) in [6, 6.07) is 0. The van der Waals surface area contributed by atoms with Crippen LogP contribution in [0, 0.1) is 11.8 Å². The van der Waals surface area contributed by atoms with Crippen molar-refractivity contribution in [2.75, 3.05) is 6.54 Å². The lowest BCUT2D eigenvalue weighted by Crippen LogP contribution is -2.41. The summed E-state index contributed by atoms with van der Waals surface area (Å²) in [5.74, 6) is 1.14. The Morgan fingerprint density at radius 3 is 2.60 bits per heavy atom. The molecule has 15 heavy (non-hydrogen) atoms. The van der Waals surface area contributed by atoms with Gasteiger partial charge in [-0.25, -0.2) is 0 Å². The van der Waals surface area contributed by atoms with Gasteiger partial charge in [0.15, 0.2) is 0 Å². The van der Waals surface area contributed by atoms with Crippen molar-refractivity contribution in [1.29, 1.82) is 0 Å². The number of rotatable bonds is 6. The van der Waals surface area contributed by atoms with Crippen molar-refractivity contribution in [1.82, 2.24) is 5.32 Å². The average Bonchev–Trinajstić information content (AvgIpc) is 2.82. The van der Waals surface area contributed by atoms with Gasteiger partial charge in [0.25, 0.3) is 0 Å². The Labute approximate surface area is 92.3 Å². The molecule has 0 bridgehead atoms. The van der Waals surface area contributed by atoms with Crippen LogP contribution in [0.2, 0.25) is 0 Å². The molecule has 1 unspecified atom stereocenters. The van der Waals surface area contributed by atoms with Crippen molar-refractivity contribution >= 4 is 5.91 Å². The molecule has 3 nitrogen and oxygen atoms in total. The molecule has 2 N–H and O–H groups in total. The Balaban J connectivity index is 2.18. The van der Waals surface area contributed by atoms with Crippen LogP contribution in [0.25, 0.3) is 0 Å². The number of nitrogens with one attached hydrogen (secondary N) is 1. The fourth-order valence-electron chi connectivity index (χ4n) is 1.90. The number of amides is 1. The molecule has 0 saturated heterocycles. The first-order chi connectivity index (χ1) is 6.89. The molecule has 0 aromatic rings. The van der Waals surface area contributed by atoms with Gasteiger partial charge in [0.05, 0.1) is 5.60 Å². The third-order valence-electron chi connectivity index (χ3n) is 2.69. The van der Waals surface area contributed by atoms with Gasteiger partial charge < -0.3 is 10.4 Å². The van der Waals surface area contributed by atoms with Gasteiger partial charge in [-0.05, 0) is 38.0 Å². The number of aliphatic hydroxyl groups is 1. The first-order valence-electron chi connectivity index (χ1n) is 5.88. The van der Waals surface area contributed by atoms with Crippen LogP contribution in [0.3, 0.4) is 0 Å². The van der Waals surface area contributed by atoms with E-state index in [0.717, 1.165) is 6.42 Å². The normalized spacial score (nSPS) is 20.1. The highest BCUT2D eigenvalue weighted by molar-refractivity contribution is 5.76. The van der Waals surface area contributed by atoms with Gasteiger partial charge in [-0.3, -0.25) is 4.79 Å². The van der Waals surface area contributed by atoms with E-state index < -0.39 is 5.60 Å². The number of hydrogen-bond donors (Lipinski definition) is 2. The molecule has 88 valence electrons. The fraction of sp³-hybridized carbons (Fsp3) is 0.917. The van der Waals surface area contributed by atoms with E-state index in [1.807, 2.05) is 0 Å². The quantitative estimate of drug-likeness (QED) is 0.705. The molecule has 1 saturated carbocycles. The topological polar surface area (TPSA) is 49.3 Å². The van der Waals surface area contributed by atoms with E-state index in [4.69, 9.17) is 0 Å². The molecule has 1 aliphatic carbocycles. The predicted molar refractivity (Wildman–Crippen MR) is 60.4 cm³/mol. The molecule has 0 aromatic heterocycles. The van der Waals surface area contributed by atoms with Crippen LogP contribution in [-0.2, 0) is 4.79 Å². The highest BCUT2D eigenvalue weighted by Gasteiger charge is 2.26. The van der Waals surface area contributed by atoms with E-state index in [-0.39, 0.29) is 5.91 Å². The van der Waals surface area contributed by atoms with Gasteiger partial charge in [-0.15, -0.1) is 0 Å². The summed E-state index contributed by atoms with van der Waals surface area (Å²) in [4.78, 5) is 11.4. The average molecular weight is 213 g/mol. The van der Waals surface area contributed by atoms with E-state index >= 15 is 0 Å². The monoisotopic (exact) mass is 213 g/mol. The lowest BCUT2D eigenvalue weighted by Gasteiger charge is -2.25. The minimum Gasteiger partial charge on any atom is -0.388 e. The van der Waals surface area contributed by atoms with E-state index in [9.17, 15) is 9.90 Å². The Morgan fingerprint density at radius 2 is 2.13 bits per heavy atom. The molecule has 3 heteroatoms. The maximum atomic E-state index is 11.4. The summed E-state index contributed by atoms with van der Waals surface area (Å²) < 4.78 is 0. The lowest BCUT2D eigenvalue weighted by atomic mass is 9.94. The van der Waals surface area contributed by atoms with Crippen molar-refractivity contribution in [3.63, 3.8) is 0 Å². The van der Waals surface area contributed by atoms with E-state index in [1.54, 1.807) is 6.92 Å². The predicted octanol–water partition coefficient (Wildman–Crippen LogP) is 1.70. The maximum absolute atomic E-state index is 11.4. The molecule has 1 atom stereocenters. The first kappa shape index (κ1) is 12.5. The molecule has 1 amide bonds. The van der Waals surface area contributed by atoms with Crippen molar-refractivity contribution in [3.05, 3.63) is 0 Å². The summed E-state index contributed by atoms with van der Waals surface area (Å²) in [7, 11) is 0. The van der Waals surface area contributed by atoms with Crippen LogP contribution in [0.5, 0.6) is 0 Å². The van der Waals surface area contributed by atoms with Crippen molar-refractivity contribution < 1.29 is 9.90 Å². The smallest absolute Gasteiger partial charge is 0.220 e. The molecule has 0 aliphatic heterocycles. The summed E-state index contributed by atoms with van der Waals surface area (Å²) in [6.07, 6.45) is 3.74. The molecular weight excluding hydrogens is 190 g/mol. The molecule has 0 radical (unpaired) electrons. The second-order valence-corrected chi connectivity index (χ2v) is 5.52. The van der Waals surface area contributed by atoms with E-state index in [0.29, 0.717) is 24.8 Å². The van der Waals surface area contributed by atoms with Crippen LogP contribution in [0.4, 0.5) is 0 Å². The van der Waals surface area contributed by atoms with Crippen molar-refractivity contribution in [2.24, 2.45) is 11.8 Å². The number of carbonyl (C=O) groups is 1. The third-order valence-corrected chi connectivity index (χ3v) is 2.69. The van der Waals surface area contributed by atoms with Crippen molar-refractivity contribution in [3.8, 4) is 0 Å². The third kappa shape index (κ3) is 5.78. The van der Waals surface area contributed by atoms with E-state index in [1.165, 1.54) is 12.8 Å². The van der Waals surface area contributed by atoms with Crippen LogP contribution >= 0.6 is 0 Å². The summed E-state index contributed by atoms with van der Waals surface area (Å²) >= 11 is 0. The van der Waals surface area contributed by atoms with E-state index in [2.05, 4.69) is 19.2 Å². The van der Waals surface area contributed by atoms with Crippen LogP contribution < -0.4 is 5.32 Å². The highest BCUT2D eigenvalue weighted by Crippen LogP contribution is 2.32. The van der Waals surface area contributed by atoms with Gasteiger partial charge >= 0.3 is 0 Å². The zero-order valence-corrected chi connectivity index (χ0v) is 10.0. The lowest BCUT2D eigenvalue weighted by molar-refractivity contribution is -0.122. The van der Waals surface area contributed by atoms with Gasteiger partial charge in [-0.2, -0.15) is 0 Å². The minimum atomic E-state index is -0.770. The van der Waals surface area contributed by atoms with Crippen LogP contribution in [0.1, 0.15) is 46.5 Å². The fourth-order valence-corrected chi connectivity index (χ4v) is 1.90.